The highest BCUT2D eigenvalue weighted by Gasteiger charge is 2.21. The second kappa shape index (κ2) is 7.54. The third kappa shape index (κ3) is 3.73. The zero-order chi connectivity index (χ0) is 14.2. The van der Waals surface area contributed by atoms with Crippen LogP contribution in [0.5, 0.6) is 0 Å². The summed E-state index contributed by atoms with van der Waals surface area (Å²) >= 11 is 0. The first-order valence-electron chi connectivity index (χ1n) is 7.20. The standard InChI is InChI=1S/C17H20BNO/c18-12-7-13-19-17(20)16(14-8-3-1-4-9-14)15-10-5-2-6-11-15/h1-6,8-11,16H,7,12-13,18H2,(H,19,20). The van der Waals surface area contributed by atoms with E-state index in [1.165, 1.54) is 0 Å². The minimum Gasteiger partial charge on any atom is -0.355 e. The number of carbonyl (C=O) groups excluding carboxylic acids is 1. The van der Waals surface area contributed by atoms with Crippen molar-refractivity contribution < 1.29 is 4.79 Å². The SMILES string of the molecule is BCCCNC(=O)C(c1ccccc1)c1ccccc1. The summed E-state index contributed by atoms with van der Waals surface area (Å²) in [7, 11) is 2.12. The van der Waals surface area contributed by atoms with Crippen molar-refractivity contribution >= 4 is 13.8 Å². The van der Waals surface area contributed by atoms with Gasteiger partial charge in [0, 0.05) is 6.54 Å². The van der Waals surface area contributed by atoms with Crippen molar-refractivity contribution in [2.24, 2.45) is 0 Å². The number of nitrogens with one attached hydrogen (secondary N) is 1. The number of benzene rings is 2. The summed E-state index contributed by atoms with van der Waals surface area (Å²) in [5.41, 5.74) is 2.07. The van der Waals surface area contributed by atoms with Gasteiger partial charge in [-0.15, -0.1) is 0 Å². The second-order valence-electron chi connectivity index (χ2n) is 4.90. The smallest absolute Gasteiger partial charge is 0.232 e. The molecule has 0 saturated heterocycles. The molecule has 0 bridgehead atoms. The first-order valence-corrected chi connectivity index (χ1v) is 7.20. The number of amides is 1. The Balaban J connectivity index is 2.23. The number of hydrogen-bond donors (Lipinski definition) is 1. The first kappa shape index (κ1) is 14.4. The predicted molar refractivity (Wildman–Crippen MR) is 85.7 cm³/mol. The molecule has 0 aliphatic rings. The Morgan fingerprint density at radius 2 is 1.45 bits per heavy atom. The molecule has 0 spiro atoms. The highest BCUT2D eigenvalue weighted by atomic mass is 16.1. The van der Waals surface area contributed by atoms with Crippen molar-refractivity contribution in [1.29, 1.82) is 0 Å². The van der Waals surface area contributed by atoms with Gasteiger partial charge in [-0.2, -0.15) is 0 Å². The molecular weight excluding hydrogens is 245 g/mol. The molecule has 0 aromatic heterocycles. The molecule has 2 aromatic rings. The van der Waals surface area contributed by atoms with Crippen molar-refractivity contribution in [3.05, 3.63) is 71.8 Å². The Morgan fingerprint density at radius 3 is 1.90 bits per heavy atom. The Morgan fingerprint density at radius 1 is 0.950 bits per heavy atom. The van der Waals surface area contributed by atoms with Crippen LogP contribution in [0.15, 0.2) is 60.7 Å². The van der Waals surface area contributed by atoms with Gasteiger partial charge in [-0.25, -0.2) is 0 Å². The van der Waals surface area contributed by atoms with E-state index in [2.05, 4.69) is 13.2 Å². The van der Waals surface area contributed by atoms with Crippen LogP contribution in [-0.2, 0) is 4.79 Å². The molecule has 3 heteroatoms. The summed E-state index contributed by atoms with van der Waals surface area (Å²) in [6.45, 7) is 0.742. The maximum atomic E-state index is 12.5. The van der Waals surface area contributed by atoms with Gasteiger partial charge in [0.05, 0.1) is 5.92 Å². The van der Waals surface area contributed by atoms with Gasteiger partial charge in [0.25, 0.3) is 0 Å². The minimum absolute atomic E-state index is 0.0795. The molecule has 2 aromatic carbocycles. The van der Waals surface area contributed by atoms with Crippen LogP contribution in [0.2, 0.25) is 6.32 Å². The van der Waals surface area contributed by atoms with Gasteiger partial charge in [0.1, 0.15) is 7.85 Å². The molecule has 0 fully saturated rings. The maximum Gasteiger partial charge on any atom is 0.232 e. The van der Waals surface area contributed by atoms with Crippen molar-refractivity contribution in [2.45, 2.75) is 18.7 Å². The minimum atomic E-state index is -0.228. The highest BCUT2D eigenvalue weighted by molar-refractivity contribution is 6.08. The average Bonchev–Trinajstić information content (AvgIpc) is 2.50. The van der Waals surface area contributed by atoms with Crippen LogP contribution in [0.3, 0.4) is 0 Å². The summed E-state index contributed by atoms with van der Waals surface area (Å²) in [5.74, 6) is -0.148. The zero-order valence-electron chi connectivity index (χ0n) is 11.9. The Kier molecular flexibility index (Phi) is 5.42. The Hall–Kier alpha value is -2.03. The number of carbonyl (C=O) groups is 1. The largest absolute Gasteiger partial charge is 0.355 e. The van der Waals surface area contributed by atoms with Crippen molar-refractivity contribution in [3.8, 4) is 0 Å². The van der Waals surface area contributed by atoms with E-state index >= 15 is 0 Å². The lowest BCUT2D eigenvalue weighted by molar-refractivity contribution is -0.121. The van der Waals surface area contributed by atoms with Crippen molar-refractivity contribution in [1.82, 2.24) is 5.32 Å². The summed E-state index contributed by atoms with van der Waals surface area (Å²) in [4.78, 5) is 12.5. The Labute approximate surface area is 121 Å². The first-order chi connectivity index (χ1) is 9.83. The molecule has 0 unspecified atom stereocenters. The fourth-order valence-electron chi connectivity index (χ4n) is 2.28. The molecule has 1 amide bonds. The van der Waals surface area contributed by atoms with Crippen LogP contribution in [-0.4, -0.2) is 20.3 Å². The number of rotatable bonds is 6. The van der Waals surface area contributed by atoms with E-state index in [0.29, 0.717) is 0 Å². The Bertz CT molecular complexity index is 488. The second-order valence-corrected chi connectivity index (χ2v) is 4.90. The lowest BCUT2D eigenvalue weighted by Gasteiger charge is -2.17. The van der Waals surface area contributed by atoms with Crippen LogP contribution in [0.1, 0.15) is 23.5 Å². The molecule has 0 aliphatic heterocycles. The summed E-state index contributed by atoms with van der Waals surface area (Å²) in [6.07, 6.45) is 2.10. The molecule has 102 valence electrons. The molecule has 20 heavy (non-hydrogen) atoms. The monoisotopic (exact) mass is 265 g/mol. The van der Waals surface area contributed by atoms with Crippen LogP contribution in [0.4, 0.5) is 0 Å². The molecule has 0 atom stereocenters. The zero-order valence-corrected chi connectivity index (χ0v) is 11.9. The molecular formula is C17H20BNO. The molecule has 0 saturated carbocycles. The molecule has 0 radical (unpaired) electrons. The van der Waals surface area contributed by atoms with Crippen LogP contribution in [0.25, 0.3) is 0 Å². The molecule has 2 rings (SSSR count). The molecule has 1 N–H and O–H groups in total. The average molecular weight is 265 g/mol. The van der Waals surface area contributed by atoms with Crippen LogP contribution < -0.4 is 5.32 Å². The topological polar surface area (TPSA) is 29.1 Å². The lowest BCUT2D eigenvalue weighted by Crippen LogP contribution is -2.30. The van der Waals surface area contributed by atoms with Gasteiger partial charge in [-0.1, -0.05) is 67.0 Å². The van der Waals surface area contributed by atoms with Gasteiger partial charge in [-0.3, -0.25) is 4.79 Å². The number of hydrogen-bond acceptors (Lipinski definition) is 1. The van der Waals surface area contributed by atoms with E-state index in [9.17, 15) is 4.79 Å². The van der Waals surface area contributed by atoms with E-state index in [0.717, 1.165) is 30.4 Å². The van der Waals surface area contributed by atoms with Gasteiger partial charge < -0.3 is 5.32 Å². The van der Waals surface area contributed by atoms with E-state index in [4.69, 9.17) is 0 Å². The normalized spacial score (nSPS) is 10.4. The van der Waals surface area contributed by atoms with E-state index in [1.54, 1.807) is 0 Å². The van der Waals surface area contributed by atoms with E-state index in [-0.39, 0.29) is 11.8 Å². The fraction of sp³-hybridized carbons (Fsp3) is 0.235. The van der Waals surface area contributed by atoms with E-state index < -0.39 is 0 Å². The van der Waals surface area contributed by atoms with Crippen molar-refractivity contribution in [2.75, 3.05) is 6.54 Å². The van der Waals surface area contributed by atoms with Gasteiger partial charge >= 0.3 is 0 Å². The summed E-state index contributed by atoms with van der Waals surface area (Å²) in [5, 5.41) is 3.04. The molecule has 0 aliphatic carbocycles. The molecule has 2 nitrogen and oxygen atoms in total. The van der Waals surface area contributed by atoms with Crippen molar-refractivity contribution in [3.63, 3.8) is 0 Å². The maximum absolute atomic E-state index is 12.5. The van der Waals surface area contributed by atoms with Gasteiger partial charge in [0.15, 0.2) is 0 Å². The highest BCUT2D eigenvalue weighted by Crippen LogP contribution is 2.24. The third-order valence-corrected chi connectivity index (χ3v) is 3.36. The summed E-state index contributed by atoms with van der Waals surface area (Å²) < 4.78 is 0. The third-order valence-electron chi connectivity index (χ3n) is 3.36. The van der Waals surface area contributed by atoms with Gasteiger partial charge in [-0.05, 0) is 17.5 Å². The van der Waals surface area contributed by atoms with Crippen LogP contribution >= 0.6 is 0 Å². The molecule has 0 heterocycles. The lowest BCUT2D eigenvalue weighted by atomic mass is 9.90. The predicted octanol–water partition coefficient (Wildman–Crippen LogP) is 2.38. The quantitative estimate of drug-likeness (QED) is 0.630. The summed E-state index contributed by atoms with van der Waals surface area (Å²) in [6, 6.07) is 19.9. The van der Waals surface area contributed by atoms with Crippen LogP contribution in [0, 0.1) is 0 Å². The van der Waals surface area contributed by atoms with E-state index in [1.807, 2.05) is 60.7 Å². The van der Waals surface area contributed by atoms with Gasteiger partial charge in [0.2, 0.25) is 5.91 Å². The fourth-order valence-corrected chi connectivity index (χ4v) is 2.28.